The van der Waals surface area contributed by atoms with Gasteiger partial charge in [-0.15, -0.1) is 0 Å². The molecule has 1 heterocycles. The maximum atomic E-state index is 12.2. The van der Waals surface area contributed by atoms with Crippen molar-refractivity contribution in [3.8, 4) is 0 Å². The number of hydrogen-bond donors (Lipinski definition) is 1. The molecule has 1 atom stereocenters. The van der Waals surface area contributed by atoms with Gasteiger partial charge in [0.15, 0.2) is 5.11 Å². The van der Waals surface area contributed by atoms with E-state index in [9.17, 15) is 9.59 Å². The van der Waals surface area contributed by atoms with Crippen molar-refractivity contribution in [2.45, 2.75) is 13.3 Å². The van der Waals surface area contributed by atoms with E-state index in [1.807, 2.05) is 0 Å². The van der Waals surface area contributed by atoms with Gasteiger partial charge in [-0.05, 0) is 42.9 Å². The molecule has 1 aromatic carbocycles. The summed E-state index contributed by atoms with van der Waals surface area (Å²) in [5.74, 6) is -1.32. The van der Waals surface area contributed by atoms with Crippen LogP contribution in [0.15, 0.2) is 24.3 Å². The molecule has 1 N–H and O–H groups in total. The molecule has 94 valence electrons. The molecule has 2 rings (SSSR count). The van der Waals surface area contributed by atoms with Crippen molar-refractivity contribution in [2.24, 2.45) is 5.92 Å². The van der Waals surface area contributed by atoms with Gasteiger partial charge in [-0.1, -0.05) is 18.5 Å². The highest BCUT2D eigenvalue weighted by molar-refractivity contribution is 7.80. The number of carbonyl (C=O) groups excluding carboxylic acids is 2. The van der Waals surface area contributed by atoms with E-state index in [1.165, 1.54) is 4.90 Å². The van der Waals surface area contributed by atoms with Crippen molar-refractivity contribution in [1.82, 2.24) is 5.32 Å². The lowest BCUT2D eigenvalue weighted by molar-refractivity contribution is -0.133. The second-order valence-corrected chi connectivity index (χ2v) is 4.73. The average molecular weight is 283 g/mol. The fraction of sp³-hybridized carbons (Fsp3) is 0.250. The second-order valence-electron chi connectivity index (χ2n) is 3.91. The lowest BCUT2D eigenvalue weighted by atomic mass is 10.0. The van der Waals surface area contributed by atoms with Crippen LogP contribution in [-0.4, -0.2) is 16.9 Å². The van der Waals surface area contributed by atoms with E-state index in [0.717, 1.165) is 0 Å². The van der Waals surface area contributed by atoms with Gasteiger partial charge in [-0.2, -0.15) is 0 Å². The van der Waals surface area contributed by atoms with Gasteiger partial charge in [0.25, 0.3) is 0 Å². The molecule has 1 unspecified atom stereocenters. The predicted octanol–water partition coefficient (Wildman–Crippen LogP) is 2.11. The third-order valence-electron chi connectivity index (χ3n) is 2.76. The Morgan fingerprint density at radius 3 is 2.50 bits per heavy atom. The van der Waals surface area contributed by atoms with Crippen molar-refractivity contribution in [3.63, 3.8) is 0 Å². The number of anilines is 1. The molecule has 1 aliphatic heterocycles. The van der Waals surface area contributed by atoms with Crippen LogP contribution in [0.1, 0.15) is 13.3 Å². The average Bonchev–Trinajstić information content (AvgIpc) is 2.31. The normalized spacial score (nSPS) is 20.0. The fourth-order valence-electron chi connectivity index (χ4n) is 1.81. The summed E-state index contributed by atoms with van der Waals surface area (Å²) in [7, 11) is 0. The first-order chi connectivity index (χ1) is 8.54. The molecule has 18 heavy (non-hydrogen) atoms. The predicted molar refractivity (Wildman–Crippen MR) is 73.5 cm³/mol. The maximum absolute atomic E-state index is 12.2. The van der Waals surface area contributed by atoms with Crippen LogP contribution < -0.4 is 10.2 Å². The number of carbonyl (C=O) groups is 2. The van der Waals surface area contributed by atoms with Gasteiger partial charge in [0.05, 0.1) is 5.69 Å². The van der Waals surface area contributed by atoms with Gasteiger partial charge in [-0.25, -0.2) is 0 Å². The molecular formula is C12H11ClN2O2S. The van der Waals surface area contributed by atoms with Gasteiger partial charge >= 0.3 is 0 Å². The first-order valence-electron chi connectivity index (χ1n) is 5.49. The van der Waals surface area contributed by atoms with Crippen LogP contribution in [0, 0.1) is 5.92 Å². The standard InChI is InChI=1S/C12H11ClN2O2S/c1-2-9-10(16)14-12(18)15(11(9)17)8-5-3-7(13)4-6-8/h3-6,9H,2H2,1H3,(H,14,16,18). The zero-order valence-electron chi connectivity index (χ0n) is 9.64. The molecule has 6 heteroatoms. The van der Waals surface area contributed by atoms with Crippen molar-refractivity contribution < 1.29 is 9.59 Å². The minimum Gasteiger partial charge on any atom is -0.302 e. The van der Waals surface area contributed by atoms with Gasteiger partial charge in [0.1, 0.15) is 5.92 Å². The summed E-state index contributed by atoms with van der Waals surface area (Å²) in [5.41, 5.74) is 0.604. The molecule has 1 aliphatic rings. The highest BCUT2D eigenvalue weighted by Crippen LogP contribution is 2.23. The Hall–Kier alpha value is -1.46. The summed E-state index contributed by atoms with van der Waals surface area (Å²) < 4.78 is 0. The van der Waals surface area contributed by atoms with Gasteiger partial charge in [-0.3, -0.25) is 14.5 Å². The lowest BCUT2D eigenvalue weighted by Gasteiger charge is -2.31. The molecule has 0 spiro atoms. The number of nitrogens with zero attached hydrogens (tertiary/aromatic N) is 1. The number of nitrogens with one attached hydrogen (secondary N) is 1. The van der Waals surface area contributed by atoms with Crippen LogP contribution in [0.25, 0.3) is 0 Å². The molecule has 2 amide bonds. The van der Waals surface area contributed by atoms with Crippen LogP contribution in [0.4, 0.5) is 5.69 Å². The molecule has 0 radical (unpaired) electrons. The van der Waals surface area contributed by atoms with E-state index < -0.39 is 5.92 Å². The summed E-state index contributed by atoms with van der Waals surface area (Å²) in [5, 5.41) is 3.22. The van der Waals surface area contributed by atoms with Gasteiger partial charge in [0, 0.05) is 5.02 Å². The fourth-order valence-corrected chi connectivity index (χ4v) is 2.23. The first kappa shape index (κ1) is 13.0. The summed E-state index contributed by atoms with van der Waals surface area (Å²) in [6.45, 7) is 1.79. The third-order valence-corrected chi connectivity index (χ3v) is 3.30. The Kier molecular flexibility index (Phi) is 3.63. The van der Waals surface area contributed by atoms with Crippen LogP contribution in [0.3, 0.4) is 0 Å². The van der Waals surface area contributed by atoms with Crippen molar-refractivity contribution in [1.29, 1.82) is 0 Å². The lowest BCUT2D eigenvalue weighted by Crippen LogP contribution is -2.57. The molecule has 0 bridgehead atoms. The number of amides is 2. The van der Waals surface area contributed by atoms with E-state index in [0.29, 0.717) is 17.1 Å². The Morgan fingerprint density at radius 2 is 1.94 bits per heavy atom. The second kappa shape index (κ2) is 5.04. The van der Waals surface area contributed by atoms with E-state index in [2.05, 4.69) is 5.32 Å². The highest BCUT2D eigenvalue weighted by atomic mass is 35.5. The summed E-state index contributed by atoms with van der Waals surface area (Å²) in [6.07, 6.45) is 0.442. The Morgan fingerprint density at radius 1 is 1.33 bits per heavy atom. The van der Waals surface area contributed by atoms with Gasteiger partial charge in [0.2, 0.25) is 11.8 Å². The molecule has 0 aromatic heterocycles. The van der Waals surface area contributed by atoms with Crippen LogP contribution in [0.5, 0.6) is 0 Å². The number of hydrogen-bond acceptors (Lipinski definition) is 3. The van der Waals surface area contributed by atoms with Crippen molar-refractivity contribution in [3.05, 3.63) is 29.3 Å². The smallest absolute Gasteiger partial charge is 0.245 e. The third kappa shape index (κ3) is 2.23. The van der Waals surface area contributed by atoms with E-state index in [1.54, 1.807) is 31.2 Å². The summed E-state index contributed by atoms with van der Waals surface area (Å²) in [4.78, 5) is 25.2. The zero-order valence-corrected chi connectivity index (χ0v) is 11.2. The van der Waals surface area contributed by atoms with Crippen LogP contribution in [-0.2, 0) is 9.59 Å². The molecule has 0 aliphatic carbocycles. The molecule has 1 fully saturated rings. The molecule has 4 nitrogen and oxygen atoms in total. The SMILES string of the molecule is CCC1C(=O)NC(=S)N(c2ccc(Cl)cc2)C1=O. The highest BCUT2D eigenvalue weighted by Gasteiger charge is 2.37. The molecule has 1 saturated heterocycles. The van der Waals surface area contributed by atoms with Gasteiger partial charge < -0.3 is 5.32 Å². The number of benzene rings is 1. The zero-order chi connectivity index (χ0) is 13.3. The molecular weight excluding hydrogens is 272 g/mol. The molecule has 0 saturated carbocycles. The summed E-state index contributed by atoms with van der Waals surface area (Å²) >= 11 is 10.8. The Labute approximate surface area is 115 Å². The maximum Gasteiger partial charge on any atom is 0.245 e. The first-order valence-corrected chi connectivity index (χ1v) is 6.27. The van der Waals surface area contributed by atoms with E-state index in [4.69, 9.17) is 23.8 Å². The summed E-state index contributed by atoms with van der Waals surface area (Å²) in [6, 6.07) is 6.72. The number of halogens is 1. The Balaban J connectivity index is 2.36. The minimum atomic E-state index is -0.688. The number of rotatable bonds is 2. The van der Waals surface area contributed by atoms with E-state index >= 15 is 0 Å². The Bertz CT molecular complexity index is 515. The molecule has 1 aromatic rings. The minimum absolute atomic E-state index is 0.108. The van der Waals surface area contributed by atoms with Crippen molar-refractivity contribution in [2.75, 3.05) is 4.90 Å². The van der Waals surface area contributed by atoms with E-state index in [-0.39, 0.29) is 16.9 Å². The number of thiocarbonyl (C=S) groups is 1. The largest absolute Gasteiger partial charge is 0.302 e. The van der Waals surface area contributed by atoms with Crippen molar-refractivity contribution >= 4 is 46.4 Å². The topological polar surface area (TPSA) is 49.4 Å². The van der Waals surface area contributed by atoms with Crippen LogP contribution in [0.2, 0.25) is 5.02 Å². The quantitative estimate of drug-likeness (QED) is 0.668. The monoisotopic (exact) mass is 282 g/mol. The van der Waals surface area contributed by atoms with Crippen LogP contribution >= 0.6 is 23.8 Å².